The molecule has 1 saturated heterocycles. The average Bonchev–Trinajstić information content (AvgIpc) is 2.88. The number of hydrogen-bond donors (Lipinski definition) is 0. The van der Waals surface area contributed by atoms with E-state index in [1.807, 2.05) is 30.0 Å². The van der Waals surface area contributed by atoms with Crippen LogP contribution in [0.4, 0.5) is 21.8 Å². The van der Waals surface area contributed by atoms with Crippen molar-refractivity contribution in [2.24, 2.45) is 0 Å². The van der Waals surface area contributed by atoms with Crippen LogP contribution in [0.15, 0.2) is 59.5 Å². The van der Waals surface area contributed by atoms with Crippen LogP contribution >= 0.6 is 0 Å². The first kappa shape index (κ1) is 23.5. The lowest BCUT2D eigenvalue weighted by Gasteiger charge is -2.37. The van der Waals surface area contributed by atoms with Crippen molar-refractivity contribution in [3.63, 3.8) is 0 Å². The highest BCUT2D eigenvalue weighted by atomic mass is 32.2. The lowest BCUT2D eigenvalue weighted by Crippen LogP contribution is -2.47. The summed E-state index contributed by atoms with van der Waals surface area (Å²) in [5.74, 6) is 1.16. The summed E-state index contributed by atoms with van der Waals surface area (Å²) in [5.41, 5.74) is 2.34. The van der Waals surface area contributed by atoms with Gasteiger partial charge in [-0.05, 0) is 24.3 Å². The average molecular weight is 497 g/mol. The Hall–Kier alpha value is -3.24. The maximum Gasteiger partial charge on any atom is 0.243 e. The minimum Gasteiger partial charge on any atom is -0.366 e. The highest BCUT2D eigenvalue weighted by Gasteiger charge is 2.32. The Morgan fingerprint density at radius 2 is 1.51 bits per heavy atom. The molecule has 2 aliphatic heterocycles. The van der Waals surface area contributed by atoms with Gasteiger partial charge in [0.15, 0.2) is 0 Å². The molecular weight excluding hydrogens is 467 g/mol. The number of piperazine rings is 1. The van der Waals surface area contributed by atoms with Crippen molar-refractivity contribution in [2.75, 3.05) is 61.5 Å². The molecule has 10 heteroatoms. The summed E-state index contributed by atoms with van der Waals surface area (Å²) >= 11 is 0. The van der Waals surface area contributed by atoms with E-state index in [-0.39, 0.29) is 12.4 Å². The molecule has 0 N–H and O–H groups in total. The summed E-state index contributed by atoms with van der Waals surface area (Å²) < 4.78 is 42.1. The first-order chi connectivity index (χ1) is 16.8. The van der Waals surface area contributed by atoms with Crippen molar-refractivity contribution in [2.45, 2.75) is 17.9 Å². The Morgan fingerprint density at radius 3 is 2.20 bits per heavy atom. The van der Waals surface area contributed by atoms with Gasteiger partial charge in [0.25, 0.3) is 0 Å². The van der Waals surface area contributed by atoms with E-state index < -0.39 is 10.0 Å². The number of sulfonamides is 1. The second-order valence-electron chi connectivity index (χ2n) is 8.99. The summed E-state index contributed by atoms with van der Waals surface area (Å²) in [6, 6.07) is 15.4. The van der Waals surface area contributed by atoms with E-state index in [4.69, 9.17) is 9.97 Å². The highest BCUT2D eigenvalue weighted by Crippen LogP contribution is 2.31. The molecule has 1 fully saturated rings. The van der Waals surface area contributed by atoms with Gasteiger partial charge in [-0.3, -0.25) is 0 Å². The number of hydrogen-bond acceptors (Lipinski definition) is 7. The molecular formula is C25H29FN6O2S. The third kappa shape index (κ3) is 4.55. The molecule has 0 aliphatic carbocycles. The summed E-state index contributed by atoms with van der Waals surface area (Å²) in [4.78, 5) is 16.1. The smallest absolute Gasteiger partial charge is 0.243 e. The van der Waals surface area contributed by atoms with Gasteiger partial charge in [-0.25, -0.2) is 17.8 Å². The molecule has 0 radical (unpaired) electrons. The molecule has 184 valence electrons. The van der Waals surface area contributed by atoms with Gasteiger partial charge in [0.05, 0.1) is 16.3 Å². The van der Waals surface area contributed by atoms with Crippen molar-refractivity contribution >= 4 is 27.5 Å². The van der Waals surface area contributed by atoms with E-state index in [0.29, 0.717) is 55.7 Å². The zero-order valence-electron chi connectivity index (χ0n) is 19.9. The van der Waals surface area contributed by atoms with Crippen LogP contribution in [0, 0.1) is 5.82 Å². The van der Waals surface area contributed by atoms with Gasteiger partial charge in [0.1, 0.15) is 11.6 Å². The van der Waals surface area contributed by atoms with Crippen LogP contribution < -0.4 is 14.7 Å². The normalized spacial score (nSPS) is 16.8. The van der Waals surface area contributed by atoms with Crippen LogP contribution in [0.25, 0.3) is 0 Å². The predicted octanol–water partition coefficient (Wildman–Crippen LogP) is 2.76. The van der Waals surface area contributed by atoms with Crippen molar-refractivity contribution in [3.05, 3.63) is 71.7 Å². The maximum atomic E-state index is 14.2. The molecule has 0 bridgehead atoms. The Morgan fingerprint density at radius 1 is 0.857 bits per heavy atom. The number of fused-ring (bicyclic) bond motifs is 1. The number of anilines is 3. The third-order valence-electron chi connectivity index (χ3n) is 6.55. The second kappa shape index (κ2) is 9.43. The molecule has 0 atom stereocenters. The Balaban J connectivity index is 1.38. The molecule has 0 unspecified atom stereocenters. The molecule has 3 heterocycles. The van der Waals surface area contributed by atoms with Gasteiger partial charge >= 0.3 is 0 Å². The van der Waals surface area contributed by atoms with E-state index in [9.17, 15) is 12.8 Å². The Kier molecular flexibility index (Phi) is 6.33. The third-order valence-corrected chi connectivity index (χ3v) is 8.41. The number of aromatic nitrogens is 2. The monoisotopic (exact) mass is 496 g/mol. The molecule has 5 rings (SSSR count). The van der Waals surface area contributed by atoms with Gasteiger partial charge in [-0.1, -0.05) is 30.3 Å². The van der Waals surface area contributed by atoms with Crippen LogP contribution in [0.3, 0.4) is 0 Å². The number of rotatable bonds is 5. The van der Waals surface area contributed by atoms with Crippen molar-refractivity contribution in [3.8, 4) is 0 Å². The predicted molar refractivity (Wildman–Crippen MR) is 135 cm³/mol. The van der Waals surface area contributed by atoms with Crippen LogP contribution in [-0.2, 0) is 23.0 Å². The van der Waals surface area contributed by atoms with Crippen LogP contribution in [0.5, 0.6) is 0 Å². The Bertz CT molecular complexity index is 1310. The number of halogens is 1. The fourth-order valence-corrected chi connectivity index (χ4v) is 6.10. The Labute approximate surface area is 205 Å². The topological polar surface area (TPSA) is 72.9 Å². The van der Waals surface area contributed by atoms with E-state index in [1.54, 1.807) is 42.5 Å². The van der Waals surface area contributed by atoms with Crippen LogP contribution in [0.1, 0.15) is 11.3 Å². The standard InChI is InChI=1S/C25H29FN6O2S/c1-29(2)24-20-18-32(35(33,34)19-8-4-3-5-9-19)13-12-22(20)27-25(28-24)31-16-14-30(15-17-31)23-11-7-6-10-21(23)26/h3-11H,12-18H2,1-2H3. The van der Waals surface area contributed by atoms with E-state index in [1.165, 1.54) is 10.4 Å². The lowest BCUT2D eigenvalue weighted by atomic mass is 10.1. The van der Waals surface area contributed by atoms with Crippen molar-refractivity contribution in [1.29, 1.82) is 0 Å². The molecule has 0 saturated carbocycles. The van der Waals surface area contributed by atoms with Crippen LogP contribution in [0.2, 0.25) is 0 Å². The summed E-state index contributed by atoms with van der Waals surface area (Å²) in [6.45, 7) is 3.29. The molecule has 8 nitrogen and oxygen atoms in total. The van der Waals surface area contributed by atoms with Crippen molar-refractivity contribution < 1.29 is 12.8 Å². The van der Waals surface area contributed by atoms with Gasteiger partial charge in [-0.2, -0.15) is 9.29 Å². The molecule has 1 aromatic heterocycles. The molecule has 3 aromatic rings. The number of nitrogens with zero attached hydrogens (tertiary/aromatic N) is 6. The first-order valence-electron chi connectivity index (χ1n) is 11.7. The largest absolute Gasteiger partial charge is 0.366 e. The molecule has 0 spiro atoms. The minimum atomic E-state index is -3.60. The molecule has 2 aliphatic rings. The maximum absolute atomic E-state index is 14.2. The lowest BCUT2D eigenvalue weighted by molar-refractivity contribution is 0.387. The van der Waals surface area contributed by atoms with E-state index in [2.05, 4.69) is 4.90 Å². The molecule has 0 amide bonds. The van der Waals surface area contributed by atoms with Crippen LogP contribution in [-0.4, -0.2) is 69.5 Å². The second-order valence-corrected chi connectivity index (χ2v) is 10.9. The van der Waals surface area contributed by atoms with Gasteiger partial charge in [0, 0.05) is 65.3 Å². The number of benzene rings is 2. The van der Waals surface area contributed by atoms with Gasteiger partial charge < -0.3 is 14.7 Å². The molecule has 2 aromatic carbocycles. The summed E-state index contributed by atoms with van der Waals surface area (Å²) in [7, 11) is 0.219. The van der Waals surface area contributed by atoms with E-state index in [0.717, 1.165) is 17.1 Å². The van der Waals surface area contributed by atoms with E-state index >= 15 is 0 Å². The first-order valence-corrected chi connectivity index (χ1v) is 13.2. The highest BCUT2D eigenvalue weighted by molar-refractivity contribution is 7.89. The minimum absolute atomic E-state index is 0.212. The van der Waals surface area contributed by atoms with Gasteiger partial charge in [-0.15, -0.1) is 0 Å². The molecule has 35 heavy (non-hydrogen) atoms. The quantitative estimate of drug-likeness (QED) is 0.538. The van der Waals surface area contributed by atoms with Gasteiger partial charge in [0.2, 0.25) is 16.0 Å². The fraction of sp³-hybridized carbons (Fsp3) is 0.360. The zero-order valence-corrected chi connectivity index (χ0v) is 20.7. The summed E-state index contributed by atoms with van der Waals surface area (Å²) in [6.07, 6.45) is 0.521. The summed E-state index contributed by atoms with van der Waals surface area (Å²) in [5, 5.41) is 0. The zero-order chi connectivity index (χ0) is 24.6. The SMILES string of the molecule is CN(C)c1nc(N2CCN(c3ccccc3F)CC2)nc2c1CN(S(=O)(=O)c1ccccc1)CC2. The fourth-order valence-electron chi connectivity index (χ4n) is 4.67. The number of para-hydroxylation sites is 1. The van der Waals surface area contributed by atoms with Crippen molar-refractivity contribution in [1.82, 2.24) is 14.3 Å².